The van der Waals surface area contributed by atoms with Gasteiger partial charge < -0.3 is 16.8 Å². The van der Waals surface area contributed by atoms with Crippen molar-refractivity contribution in [2.24, 2.45) is 5.73 Å². The van der Waals surface area contributed by atoms with Crippen molar-refractivity contribution in [1.82, 2.24) is 14.3 Å². The van der Waals surface area contributed by atoms with E-state index in [1.165, 1.54) is 23.1 Å². The van der Waals surface area contributed by atoms with Crippen LogP contribution in [0.25, 0.3) is 22.7 Å². The van der Waals surface area contributed by atoms with Crippen LogP contribution in [0.15, 0.2) is 65.5 Å². The Labute approximate surface area is 202 Å². The van der Waals surface area contributed by atoms with Gasteiger partial charge in [-0.1, -0.05) is 43.3 Å². The van der Waals surface area contributed by atoms with Crippen LogP contribution in [-0.4, -0.2) is 26.8 Å². The highest BCUT2D eigenvalue weighted by Gasteiger charge is 2.27. The molecule has 0 radical (unpaired) electrons. The third kappa shape index (κ3) is 4.19. The summed E-state index contributed by atoms with van der Waals surface area (Å²) < 4.78 is 3.38. The number of nitrogens with one attached hydrogen (secondary N) is 1. The Morgan fingerprint density at radius 2 is 1.91 bits per heavy atom. The van der Waals surface area contributed by atoms with Crippen LogP contribution in [0.2, 0.25) is 0 Å². The van der Waals surface area contributed by atoms with Crippen LogP contribution < -0.4 is 22.3 Å². The first kappa shape index (κ1) is 22.5. The van der Waals surface area contributed by atoms with Crippen LogP contribution in [-0.2, 0) is 6.42 Å². The molecule has 2 aliphatic rings. The number of para-hydroxylation sites is 1. The number of hydrogen-bond donors (Lipinski definition) is 3. The third-order valence-corrected chi connectivity index (χ3v) is 6.37. The van der Waals surface area contributed by atoms with E-state index >= 15 is 0 Å². The average molecular weight is 469 g/mol. The van der Waals surface area contributed by atoms with Crippen LogP contribution in [0.5, 0.6) is 0 Å². The van der Waals surface area contributed by atoms with E-state index in [9.17, 15) is 9.59 Å². The number of pyridine rings is 1. The SMILES string of the molecule is CCc1cc2cccc(C3CC3)c2c(=O)n1-c1ccccc1.NC(=O)c1c(N)nn2c1NCC=C2. The van der Waals surface area contributed by atoms with Gasteiger partial charge in [0.2, 0.25) is 0 Å². The predicted octanol–water partition coefficient (Wildman–Crippen LogP) is 3.89. The van der Waals surface area contributed by atoms with Crippen molar-refractivity contribution in [3.05, 3.63) is 87.8 Å². The summed E-state index contributed by atoms with van der Waals surface area (Å²) in [6.07, 6.45) is 6.85. The highest BCUT2D eigenvalue weighted by atomic mass is 16.1. The van der Waals surface area contributed by atoms with Crippen LogP contribution in [0.3, 0.4) is 0 Å². The molecule has 5 N–H and O–H groups in total. The van der Waals surface area contributed by atoms with E-state index in [0.29, 0.717) is 18.3 Å². The summed E-state index contributed by atoms with van der Waals surface area (Å²) in [7, 11) is 0. The molecule has 8 nitrogen and oxygen atoms in total. The maximum absolute atomic E-state index is 13.2. The summed E-state index contributed by atoms with van der Waals surface area (Å²) in [6, 6.07) is 18.4. The maximum Gasteiger partial charge on any atom is 0.263 e. The van der Waals surface area contributed by atoms with Gasteiger partial charge in [0.15, 0.2) is 5.82 Å². The molecule has 2 aromatic heterocycles. The zero-order valence-electron chi connectivity index (χ0n) is 19.6. The van der Waals surface area contributed by atoms with Crippen molar-refractivity contribution >= 4 is 34.5 Å². The average Bonchev–Trinajstić information content (AvgIpc) is 3.65. The van der Waals surface area contributed by atoms with E-state index in [1.807, 2.05) is 41.0 Å². The summed E-state index contributed by atoms with van der Waals surface area (Å²) in [4.78, 5) is 24.2. The van der Waals surface area contributed by atoms with Gasteiger partial charge in [-0.2, -0.15) is 0 Å². The number of carbonyl (C=O) groups is 1. The second-order valence-electron chi connectivity index (χ2n) is 8.73. The molecule has 1 saturated carbocycles. The van der Waals surface area contributed by atoms with Crippen molar-refractivity contribution in [3.63, 3.8) is 0 Å². The number of anilines is 2. The fraction of sp³-hybridized carbons (Fsp3) is 0.222. The number of aromatic nitrogens is 3. The number of nitrogens with two attached hydrogens (primary N) is 2. The fourth-order valence-electron chi connectivity index (χ4n) is 4.58. The lowest BCUT2D eigenvalue weighted by molar-refractivity contribution is 0.100. The number of nitrogens with zero attached hydrogens (tertiary/aromatic N) is 3. The predicted molar refractivity (Wildman–Crippen MR) is 140 cm³/mol. The molecule has 0 spiro atoms. The van der Waals surface area contributed by atoms with E-state index in [1.54, 1.807) is 6.20 Å². The number of carbonyl (C=O) groups excluding carboxylic acids is 1. The summed E-state index contributed by atoms with van der Waals surface area (Å²) in [6.45, 7) is 2.75. The number of fused-ring (bicyclic) bond motifs is 2. The molecule has 8 heteroatoms. The van der Waals surface area contributed by atoms with Gasteiger partial charge in [0.05, 0.1) is 5.39 Å². The zero-order valence-corrected chi connectivity index (χ0v) is 19.6. The summed E-state index contributed by atoms with van der Waals surface area (Å²) in [5, 5.41) is 8.87. The number of primary amides is 1. The molecule has 1 fully saturated rings. The lowest BCUT2D eigenvalue weighted by Gasteiger charge is -2.15. The summed E-state index contributed by atoms with van der Waals surface area (Å²) in [5.74, 6) is 0.726. The Morgan fingerprint density at radius 1 is 1.14 bits per heavy atom. The molecule has 2 aromatic carbocycles. The van der Waals surface area contributed by atoms with Gasteiger partial charge in [0.1, 0.15) is 11.4 Å². The summed E-state index contributed by atoms with van der Waals surface area (Å²) >= 11 is 0. The van der Waals surface area contributed by atoms with Crippen LogP contribution in [0.4, 0.5) is 11.6 Å². The van der Waals surface area contributed by atoms with Gasteiger partial charge in [0.25, 0.3) is 11.5 Å². The molecular weight excluding hydrogens is 440 g/mol. The number of aryl methyl sites for hydroxylation is 1. The Balaban J connectivity index is 0.000000166. The molecule has 0 atom stereocenters. The van der Waals surface area contributed by atoms with Crippen molar-refractivity contribution in [1.29, 1.82) is 0 Å². The number of amides is 1. The van der Waals surface area contributed by atoms with Crippen molar-refractivity contribution in [2.75, 3.05) is 17.6 Å². The molecule has 1 aliphatic heterocycles. The summed E-state index contributed by atoms with van der Waals surface area (Å²) in [5.41, 5.74) is 14.3. The van der Waals surface area contributed by atoms with Crippen LogP contribution in [0.1, 0.15) is 47.3 Å². The van der Waals surface area contributed by atoms with Gasteiger partial charge in [-0.25, -0.2) is 4.68 Å². The standard InChI is InChI=1S/C20H19NO.C7H9N5O/c1-2-16-13-15-7-6-10-18(14-11-12-14)19(15)20(22)21(16)17-8-4-3-5-9-17;8-5-4(6(9)13)7-10-2-1-3-12(7)11-5/h3-10,13-14H,2,11-12H2,1H3;1,3,10H,2H2,(H2,8,11)(H2,9,13). The fourth-order valence-corrected chi connectivity index (χ4v) is 4.58. The van der Waals surface area contributed by atoms with Gasteiger partial charge in [-0.15, -0.1) is 5.10 Å². The minimum Gasteiger partial charge on any atom is -0.381 e. The molecule has 1 amide bonds. The third-order valence-electron chi connectivity index (χ3n) is 6.37. The second kappa shape index (κ2) is 9.13. The zero-order chi connectivity index (χ0) is 24.5. The Kier molecular flexibility index (Phi) is 5.86. The van der Waals surface area contributed by atoms with E-state index in [0.717, 1.165) is 28.6 Å². The van der Waals surface area contributed by atoms with Gasteiger partial charge in [0, 0.05) is 24.1 Å². The highest BCUT2D eigenvalue weighted by molar-refractivity contribution is 6.02. The molecule has 178 valence electrons. The van der Waals surface area contributed by atoms with Crippen molar-refractivity contribution < 1.29 is 4.79 Å². The molecule has 0 saturated heterocycles. The van der Waals surface area contributed by atoms with E-state index in [2.05, 4.69) is 41.6 Å². The first-order chi connectivity index (χ1) is 17.0. The lowest BCUT2D eigenvalue weighted by Crippen LogP contribution is -2.22. The van der Waals surface area contributed by atoms with Gasteiger partial charge >= 0.3 is 0 Å². The number of rotatable bonds is 4. The largest absolute Gasteiger partial charge is 0.381 e. The molecule has 1 aliphatic carbocycles. The molecule has 3 heterocycles. The van der Waals surface area contributed by atoms with E-state index < -0.39 is 5.91 Å². The minimum atomic E-state index is -0.568. The molecule has 6 rings (SSSR count). The van der Waals surface area contributed by atoms with Crippen molar-refractivity contribution in [3.8, 4) is 5.69 Å². The first-order valence-electron chi connectivity index (χ1n) is 11.8. The Morgan fingerprint density at radius 3 is 2.60 bits per heavy atom. The monoisotopic (exact) mass is 468 g/mol. The van der Waals surface area contributed by atoms with Crippen LogP contribution >= 0.6 is 0 Å². The Bertz CT molecular complexity index is 1500. The quantitative estimate of drug-likeness (QED) is 0.420. The van der Waals surface area contributed by atoms with Crippen LogP contribution in [0, 0.1) is 0 Å². The smallest absolute Gasteiger partial charge is 0.263 e. The molecule has 35 heavy (non-hydrogen) atoms. The number of benzene rings is 2. The topological polar surface area (TPSA) is 121 Å². The molecule has 4 aromatic rings. The minimum absolute atomic E-state index is 0.128. The molecule has 0 bridgehead atoms. The molecular formula is C27H28N6O2. The first-order valence-corrected chi connectivity index (χ1v) is 11.8. The number of nitrogen functional groups attached to an aromatic ring is 1. The Hall–Kier alpha value is -4.33. The highest BCUT2D eigenvalue weighted by Crippen LogP contribution is 2.42. The maximum atomic E-state index is 13.2. The normalized spacial score (nSPS) is 14.1. The lowest BCUT2D eigenvalue weighted by atomic mass is 10.0. The second-order valence-corrected chi connectivity index (χ2v) is 8.73. The molecule has 0 unspecified atom stereocenters. The van der Waals surface area contributed by atoms with Crippen molar-refractivity contribution in [2.45, 2.75) is 32.1 Å². The van der Waals surface area contributed by atoms with Gasteiger partial charge in [-0.05, 0) is 60.4 Å². The number of hydrogen-bond acceptors (Lipinski definition) is 5. The van der Waals surface area contributed by atoms with Gasteiger partial charge in [-0.3, -0.25) is 14.2 Å². The van der Waals surface area contributed by atoms with E-state index in [4.69, 9.17) is 11.5 Å². The van der Waals surface area contributed by atoms with E-state index in [-0.39, 0.29) is 16.9 Å².